The number of rotatable bonds is 2. The molecular formula is C19H23ClN2O3. The van der Waals surface area contributed by atoms with Crippen LogP contribution in [0.5, 0.6) is 0 Å². The van der Waals surface area contributed by atoms with Gasteiger partial charge in [-0.05, 0) is 52.2 Å². The second kappa shape index (κ2) is 6.71. The summed E-state index contributed by atoms with van der Waals surface area (Å²) in [7, 11) is 0. The lowest BCUT2D eigenvalue weighted by atomic mass is 10.0. The first-order valence-electron chi connectivity index (χ1n) is 8.48. The van der Waals surface area contributed by atoms with Crippen LogP contribution in [0, 0.1) is 6.92 Å². The Balaban J connectivity index is 1.84. The van der Waals surface area contributed by atoms with Crippen LogP contribution in [0.4, 0.5) is 4.79 Å². The minimum absolute atomic E-state index is 0.143. The molecule has 25 heavy (non-hydrogen) atoms. The molecule has 1 unspecified atom stereocenters. The van der Waals surface area contributed by atoms with Crippen LogP contribution in [0.1, 0.15) is 51.0 Å². The van der Waals surface area contributed by atoms with Crippen LogP contribution in [-0.4, -0.2) is 28.3 Å². The largest absolute Gasteiger partial charge is 0.444 e. The van der Waals surface area contributed by atoms with Crippen molar-refractivity contribution in [3.05, 3.63) is 40.6 Å². The first-order valence-corrected chi connectivity index (χ1v) is 8.86. The topological polar surface area (TPSA) is 55.6 Å². The van der Waals surface area contributed by atoms with E-state index in [0.29, 0.717) is 17.3 Å². The summed E-state index contributed by atoms with van der Waals surface area (Å²) in [4.78, 5) is 14.2. The maximum absolute atomic E-state index is 12.4. The molecule has 0 aliphatic carbocycles. The minimum atomic E-state index is -0.519. The Morgan fingerprint density at radius 3 is 2.88 bits per heavy atom. The van der Waals surface area contributed by atoms with Gasteiger partial charge < -0.3 is 9.26 Å². The van der Waals surface area contributed by atoms with Crippen molar-refractivity contribution in [2.75, 3.05) is 6.54 Å². The van der Waals surface area contributed by atoms with E-state index in [9.17, 15) is 4.79 Å². The number of hydrogen-bond acceptors (Lipinski definition) is 4. The molecule has 0 radical (unpaired) electrons. The summed E-state index contributed by atoms with van der Waals surface area (Å²) in [6, 6.07) is 7.45. The number of aromatic nitrogens is 1. The van der Waals surface area contributed by atoms with Crippen molar-refractivity contribution in [2.24, 2.45) is 0 Å². The predicted octanol–water partition coefficient (Wildman–Crippen LogP) is 5.38. The van der Waals surface area contributed by atoms with E-state index in [-0.39, 0.29) is 12.1 Å². The molecule has 0 bridgehead atoms. The Bertz CT molecular complexity index is 779. The van der Waals surface area contributed by atoms with Crippen molar-refractivity contribution in [2.45, 2.75) is 52.2 Å². The van der Waals surface area contributed by atoms with Gasteiger partial charge in [-0.2, -0.15) is 0 Å². The second-order valence-corrected chi connectivity index (χ2v) is 7.77. The highest BCUT2D eigenvalue weighted by atomic mass is 35.5. The summed E-state index contributed by atoms with van der Waals surface area (Å²) >= 11 is 6.20. The molecule has 6 heteroatoms. The van der Waals surface area contributed by atoms with E-state index in [1.54, 1.807) is 4.90 Å². The Morgan fingerprint density at radius 1 is 1.40 bits per heavy atom. The lowest BCUT2D eigenvalue weighted by Gasteiger charge is -2.27. The van der Waals surface area contributed by atoms with Crippen molar-refractivity contribution in [3.63, 3.8) is 0 Å². The van der Waals surface area contributed by atoms with Gasteiger partial charge in [0, 0.05) is 23.2 Å². The number of likely N-dealkylation sites (tertiary alicyclic amines) is 1. The van der Waals surface area contributed by atoms with Crippen molar-refractivity contribution in [1.82, 2.24) is 10.1 Å². The summed E-state index contributed by atoms with van der Waals surface area (Å²) in [6.07, 6.45) is 1.44. The fraction of sp³-hybridized carbons (Fsp3) is 0.474. The number of nitrogens with zero attached hydrogens (tertiary/aromatic N) is 2. The number of carbonyl (C=O) groups excluding carboxylic acids is 1. The normalized spacial score (nSPS) is 17.8. The van der Waals surface area contributed by atoms with Gasteiger partial charge in [-0.1, -0.05) is 28.9 Å². The van der Waals surface area contributed by atoms with Crippen molar-refractivity contribution in [1.29, 1.82) is 0 Å². The van der Waals surface area contributed by atoms with Crippen LogP contribution in [0.25, 0.3) is 11.3 Å². The van der Waals surface area contributed by atoms with Crippen LogP contribution in [0.3, 0.4) is 0 Å². The third kappa shape index (κ3) is 3.82. The third-order valence-corrected chi connectivity index (χ3v) is 4.69. The van der Waals surface area contributed by atoms with Crippen LogP contribution in [-0.2, 0) is 4.74 Å². The monoisotopic (exact) mass is 362 g/mol. The molecular weight excluding hydrogens is 340 g/mol. The molecule has 134 valence electrons. The van der Waals surface area contributed by atoms with E-state index in [4.69, 9.17) is 20.9 Å². The number of amides is 1. The van der Waals surface area contributed by atoms with E-state index in [2.05, 4.69) is 5.16 Å². The SMILES string of the molecule is Cc1c(Cl)cccc1-c1cc(C2CCCN2C(=O)OC(C)(C)C)on1. The smallest absolute Gasteiger partial charge is 0.410 e. The zero-order valence-corrected chi connectivity index (χ0v) is 15.8. The molecule has 2 aromatic rings. The van der Waals surface area contributed by atoms with Gasteiger partial charge in [0.2, 0.25) is 0 Å². The highest BCUT2D eigenvalue weighted by Crippen LogP contribution is 2.36. The molecule has 1 amide bonds. The van der Waals surface area contributed by atoms with Gasteiger partial charge in [-0.15, -0.1) is 0 Å². The highest BCUT2D eigenvalue weighted by molar-refractivity contribution is 6.31. The Morgan fingerprint density at radius 2 is 2.16 bits per heavy atom. The van der Waals surface area contributed by atoms with Gasteiger partial charge >= 0.3 is 6.09 Å². The lowest BCUT2D eigenvalue weighted by Crippen LogP contribution is -2.36. The standard InChI is InChI=1S/C19H23ClN2O3/c1-12-13(7-5-8-14(12)20)15-11-17(25-21-15)16-9-6-10-22(16)18(23)24-19(2,3)4/h5,7-8,11,16H,6,9-10H2,1-4H3. The predicted molar refractivity (Wildman–Crippen MR) is 96.6 cm³/mol. The Hall–Kier alpha value is -2.01. The van der Waals surface area contributed by atoms with Crippen LogP contribution in [0.2, 0.25) is 5.02 Å². The van der Waals surface area contributed by atoms with Crippen LogP contribution in [0.15, 0.2) is 28.8 Å². The third-order valence-electron chi connectivity index (χ3n) is 4.28. The Kier molecular flexibility index (Phi) is 4.78. The number of benzene rings is 1. The molecule has 1 aliphatic heterocycles. The average molecular weight is 363 g/mol. The molecule has 1 aromatic carbocycles. The van der Waals surface area contributed by atoms with Crippen molar-refractivity contribution < 1.29 is 14.1 Å². The molecule has 0 spiro atoms. The number of carbonyl (C=O) groups is 1. The summed E-state index contributed by atoms with van der Waals surface area (Å²) < 4.78 is 11.1. The molecule has 5 nitrogen and oxygen atoms in total. The van der Waals surface area contributed by atoms with E-state index < -0.39 is 5.60 Å². The van der Waals surface area contributed by atoms with Gasteiger partial charge in [0.1, 0.15) is 11.3 Å². The number of hydrogen-bond donors (Lipinski definition) is 0. The first-order chi connectivity index (χ1) is 11.8. The lowest BCUT2D eigenvalue weighted by molar-refractivity contribution is 0.0204. The Labute approximate surface area is 152 Å². The average Bonchev–Trinajstić information content (AvgIpc) is 3.16. The van der Waals surface area contributed by atoms with E-state index >= 15 is 0 Å². The summed E-state index contributed by atoms with van der Waals surface area (Å²) in [5.74, 6) is 0.678. The first kappa shape index (κ1) is 17.8. The highest BCUT2D eigenvalue weighted by Gasteiger charge is 2.35. The molecule has 3 rings (SSSR count). The quantitative estimate of drug-likeness (QED) is 0.720. The fourth-order valence-corrected chi connectivity index (χ4v) is 3.23. The molecule has 1 atom stereocenters. The van der Waals surface area contributed by atoms with E-state index in [1.807, 2.05) is 52.0 Å². The maximum Gasteiger partial charge on any atom is 0.410 e. The zero-order chi connectivity index (χ0) is 18.2. The molecule has 1 fully saturated rings. The van der Waals surface area contributed by atoms with Gasteiger partial charge in [-0.3, -0.25) is 4.90 Å². The molecule has 0 N–H and O–H groups in total. The molecule has 2 heterocycles. The molecule has 1 saturated heterocycles. The maximum atomic E-state index is 12.4. The number of halogens is 1. The summed E-state index contributed by atoms with van der Waals surface area (Å²) in [5, 5.41) is 4.88. The second-order valence-electron chi connectivity index (χ2n) is 7.36. The minimum Gasteiger partial charge on any atom is -0.444 e. The van der Waals surface area contributed by atoms with Gasteiger partial charge in [0.05, 0.1) is 6.04 Å². The molecule has 0 saturated carbocycles. The molecule has 1 aliphatic rings. The van der Waals surface area contributed by atoms with Crippen molar-refractivity contribution >= 4 is 17.7 Å². The van der Waals surface area contributed by atoms with E-state index in [0.717, 1.165) is 29.7 Å². The van der Waals surface area contributed by atoms with Crippen LogP contribution >= 0.6 is 11.6 Å². The van der Waals surface area contributed by atoms with Crippen molar-refractivity contribution in [3.8, 4) is 11.3 Å². The molecule has 1 aromatic heterocycles. The number of ether oxygens (including phenoxy) is 1. The zero-order valence-electron chi connectivity index (χ0n) is 15.0. The van der Waals surface area contributed by atoms with Gasteiger partial charge in [-0.25, -0.2) is 4.79 Å². The fourth-order valence-electron chi connectivity index (χ4n) is 3.06. The summed E-state index contributed by atoms with van der Waals surface area (Å²) in [6.45, 7) is 8.21. The van der Waals surface area contributed by atoms with E-state index in [1.165, 1.54) is 0 Å². The van der Waals surface area contributed by atoms with Crippen LogP contribution < -0.4 is 0 Å². The van der Waals surface area contributed by atoms with Gasteiger partial charge in [0.25, 0.3) is 0 Å². The van der Waals surface area contributed by atoms with Gasteiger partial charge in [0.15, 0.2) is 5.76 Å². The summed E-state index contributed by atoms with van der Waals surface area (Å²) in [5.41, 5.74) is 2.10.